The van der Waals surface area contributed by atoms with Crippen LogP contribution in [0.25, 0.3) is 0 Å². The molecule has 0 aliphatic carbocycles. The smallest absolute Gasteiger partial charge is 0.325 e. The monoisotopic (exact) mass is 295 g/mol. The van der Waals surface area contributed by atoms with Crippen molar-refractivity contribution in [1.82, 2.24) is 0 Å². The zero-order chi connectivity index (χ0) is 14.7. The summed E-state index contributed by atoms with van der Waals surface area (Å²) in [6, 6.07) is -0.743. The van der Waals surface area contributed by atoms with Gasteiger partial charge in [-0.3, -0.25) is 9.36 Å². The number of hydrogen-bond donors (Lipinski definition) is 4. The lowest BCUT2D eigenvalue weighted by atomic mass is 10.1. The summed E-state index contributed by atoms with van der Waals surface area (Å²) < 4.78 is 10.6. The van der Waals surface area contributed by atoms with Crippen molar-refractivity contribution >= 4 is 13.6 Å². The number of carboxylic acid groups (broad SMARTS) is 1. The third-order valence-electron chi connectivity index (χ3n) is 3.03. The molecule has 0 rings (SSSR count). The molecule has 1 unspecified atom stereocenters. The summed E-state index contributed by atoms with van der Waals surface area (Å²) in [5, 5.41) is 8.58. The number of carboxylic acids is 1. The Bertz CT molecular complexity index is 292. The predicted octanol–water partition coefficient (Wildman–Crippen LogP) is 2.09. The molecule has 0 aliphatic rings. The third-order valence-corrected chi connectivity index (χ3v) is 3.93. The summed E-state index contributed by atoms with van der Waals surface area (Å²) in [7, 11) is -3.81. The standard InChI is InChI=1S/C12H26NO5P/c13-11(12(14)15)9-7-5-3-1-2-4-6-8-10-19(16,17)18/h11H,1-10,13H2,(H,14,15)(H2,16,17,18). The van der Waals surface area contributed by atoms with E-state index in [0.717, 1.165) is 44.9 Å². The second-order valence-electron chi connectivity index (χ2n) is 4.95. The highest BCUT2D eigenvalue weighted by Gasteiger charge is 2.11. The molecule has 0 amide bonds. The van der Waals surface area contributed by atoms with E-state index in [1.807, 2.05) is 0 Å². The van der Waals surface area contributed by atoms with Crippen LogP contribution in [0.5, 0.6) is 0 Å². The maximum Gasteiger partial charge on any atom is 0.325 e. The van der Waals surface area contributed by atoms with E-state index in [1.165, 1.54) is 0 Å². The van der Waals surface area contributed by atoms with Crippen LogP contribution in [0.2, 0.25) is 0 Å². The van der Waals surface area contributed by atoms with Crippen molar-refractivity contribution < 1.29 is 24.3 Å². The lowest BCUT2D eigenvalue weighted by Gasteiger charge is -2.06. The zero-order valence-corrected chi connectivity index (χ0v) is 12.2. The van der Waals surface area contributed by atoms with Gasteiger partial charge >= 0.3 is 13.6 Å². The van der Waals surface area contributed by atoms with Gasteiger partial charge in [-0.05, 0) is 12.8 Å². The van der Waals surface area contributed by atoms with Gasteiger partial charge in [0.05, 0.1) is 0 Å². The maximum absolute atomic E-state index is 10.6. The summed E-state index contributed by atoms with van der Waals surface area (Å²) in [6.07, 6.45) is 7.98. The van der Waals surface area contributed by atoms with Crippen LogP contribution < -0.4 is 5.73 Å². The van der Waals surface area contributed by atoms with Crippen molar-refractivity contribution in [2.45, 2.75) is 63.8 Å². The molecule has 5 N–H and O–H groups in total. The maximum atomic E-state index is 10.6. The average molecular weight is 295 g/mol. The molecule has 0 aromatic heterocycles. The SMILES string of the molecule is NC(CCCCCCCCCCP(=O)(O)O)C(=O)O. The van der Waals surface area contributed by atoms with E-state index in [1.54, 1.807) is 0 Å². The van der Waals surface area contributed by atoms with Crippen molar-refractivity contribution in [3.05, 3.63) is 0 Å². The normalized spacial score (nSPS) is 13.4. The van der Waals surface area contributed by atoms with Crippen molar-refractivity contribution in [2.75, 3.05) is 6.16 Å². The molecule has 0 saturated heterocycles. The van der Waals surface area contributed by atoms with E-state index in [4.69, 9.17) is 20.6 Å². The Labute approximate surface area is 114 Å². The second kappa shape index (κ2) is 10.4. The second-order valence-corrected chi connectivity index (χ2v) is 6.73. The minimum absolute atomic E-state index is 0.0138. The molecule has 19 heavy (non-hydrogen) atoms. The molecular formula is C12H26NO5P. The van der Waals surface area contributed by atoms with Crippen LogP contribution in [0.1, 0.15) is 57.8 Å². The Kier molecular flexibility index (Phi) is 10.1. The first-order chi connectivity index (χ1) is 8.83. The van der Waals surface area contributed by atoms with Gasteiger partial charge in [0.1, 0.15) is 6.04 Å². The van der Waals surface area contributed by atoms with Crippen LogP contribution in [0, 0.1) is 0 Å². The molecule has 0 radical (unpaired) electrons. The summed E-state index contributed by atoms with van der Waals surface area (Å²) >= 11 is 0. The molecule has 114 valence electrons. The van der Waals surface area contributed by atoms with Crippen molar-refractivity contribution in [1.29, 1.82) is 0 Å². The number of unbranched alkanes of at least 4 members (excludes halogenated alkanes) is 7. The van der Waals surface area contributed by atoms with E-state index in [-0.39, 0.29) is 6.16 Å². The van der Waals surface area contributed by atoms with Gasteiger partial charge in [-0.15, -0.1) is 0 Å². The Morgan fingerprint density at radius 3 is 1.79 bits per heavy atom. The van der Waals surface area contributed by atoms with Gasteiger partial charge in [0.15, 0.2) is 0 Å². The number of nitrogens with two attached hydrogens (primary N) is 1. The van der Waals surface area contributed by atoms with Crippen LogP contribution in [-0.2, 0) is 9.36 Å². The van der Waals surface area contributed by atoms with Gasteiger partial charge in [-0.2, -0.15) is 0 Å². The van der Waals surface area contributed by atoms with Crippen molar-refractivity contribution in [2.24, 2.45) is 5.73 Å². The van der Waals surface area contributed by atoms with Gasteiger partial charge in [0, 0.05) is 6.16 Å². The molecule has 0 fully saturated rings. The zero-order valence-electron chi connectivity index (χ0n) is 11.3. The molecule has 0 heterocycles. The van der Waals surface area contributed by atoms with Crippen molar-refractivity contribution in [3.8, 4) is 0 Å². The largest absolute Gasteiger partial charge is 0.480 e. The molecule has 0 spiro atoms. The fraction of sp³-hybridized carbons (Fsp3) is 0.917. The summed E-state index contributed by atoms with van der Waals surface area (Å²) in [6.45, 7) is 0. The fourth-order valence-corrected chi connectivity index (χ4v) is 2.50. The lowest BCUT2D eigenvalue weighted by molar-refractivity contribution is -0.138. The van der Waals surface area contributed by atoms with E-state index in [0.29, 0.717) is 12.8 Å². The number of carbonyl (C=O) groups is 1. The Hall–Kier alpha value is -0.420. The first-order valence-electron chi connectivity index (χ1n) is 6.86. The molecule has 6 nitrogen and oxygen atoms in total. The summed E-state index contributed by atoms with van der Waals surface area (Å²) in [5.41, 5.74) is 5.38. The van der Waals surface area contributed by atoms with Gasteiger partial charge in [-0.25, -0.2) is 0 Å². The molecule has 0 bridgehead atoms. The van der Waals surface area contributed by atoms with Crippen LogP contribution in [0.3, 0.4) is 0 Å². The molecule has 0 aliphatic heterocycles. The quantitative estimate of drug-likeness (QED) is 0.323. The first-order valence-corrected chi connectivity index (χ1v) is 8.65. The molecule has 7 heteroatoms. The molecule has 0 aromatic carbocycles. The van der Waals surface area contributed by atoms with E-state index < -0.39 is 19.6 Å². The molecule has 0 aromatic rings. The van der Waals surface area contributed by atoms with Crippen LogP contribution in [0.15, 0.2) is 0 Å². The van der Waals surface area contributed by atoms with Crippen LogP contribution in [0.4, 0.5) is 0 Å². The molecule has 0 saturated carbocycles. The van der Waals surface area contributed by atoms with E-state index in [2.05, 4.69) is 0 Å². The number of hydrogen-bond acceptors (Lipinski definition) is 3. The van der Waals surface area contributed by atoms with Crippen molar-refractivity contribution in [3.63, 3.8) is 0 Å². The predicted molar refractivity (Wildman–Crippen MR) is 74.1 cm³/mol. The molecule has 1 atom stereocenters. The highest BCUT2D eigenvalue weighted by Crippen LogP contribution is 2.35. The minimum atomic E-state index is -3.81. The average Bonchev–Trinajstić information content (AvgIpc) is 2.29. The molecular weight excluding hydrogens is 269 g/mol. The van der Waals surface area contributed by atoms with Gasteiger partial charge in [-0.1, -0.05) is 44.9 Å². The summed E-state index contributed by atoms with van der Waals surface area (Å²) in [4.78, 5) is 27.8. The number of aliphatic carboxylic acids is 1. The minimum Gasteiger partial charge on any atom is -0.480 e. The van der Waals surface area contributed by atoms with E-state index >= 15 is 0 Å². The van der Waals surface area contributed by atoms with Gasteiger partial charge < -0.3 is 20.6 Å². The Balaban J connectivity index is 3.20. The van der Waals surface area contributed by atoms with Gasteiger partial charge in [0.2, 0.25) is 0 Å². The summed E-state index contributed by atoms with van der Waals surface area (Å²) in [5.74, 6) is -0.940. The van der Waals surface area contributed by atoms with Gasteiger partial charge in [0.25, 0.3) is 0 Å². The highest BCUT2D eigenvalue weighted by atomic mass is 31.2. The number of rotatable bonds is 12. The fourth-order valence-electron chi connectivity index (χ4n) is 1.87. The third kappa shape index (κ3) is 13.8. The van der Waals surface area contributed by atoms with Crippen LogP contribution >= 0.6 is 7.60 Å². The lowest BCUT2D eigenvalue weighted by Crippen LogP contribution is -2.29. The van der Waals surface area contributed by atoms with Crippen LogP contribution in [-0.4, -0.2) is 33.1 Å². The topological polar surface area (TPSA) is 121 Å². The Morgan fingerprint density at radius 2 is 1.37 bits per heavy atom. The van der Waals surface area contributed by atoms with E-state index in [9.17, 15) is 9.36 Å². The Morgan fingerprint density at radius 1 is 0.947 bits per heavy atom. The highest BCUT2D eigenvalue weighted by molar-refractivity contribution is 7.51. The first kappa shape index (κ1) is 18.6.